The van der Waals surface area contributed by atoms with Crippen LogP contribution in [0.2, 0.25) is 5.02 Å². The standard InChI is InChI=1S/C29H22ClN3O4S/c1-16-32-23(15-38-16)17-8-10-19(11-9-17)28(35)31-14-21-26(29(36)37-2)33-25-20(27(21)34)12-13-22(30)24(25)18-6-4-3-5-7-18/h3-13,15H,14H2,1-2H3,(H,31,35)(H,33,34). The number of methoxy groups -OCH3 is 1. The highest BCUT2D eigenvalue weighted by atomic mass is 35.5. The number of halogens is 1. The normalized spacial score (nSPS) is 10.9. The number of hydrogen-bond acceptors (Lipinski definition) is 6. The van der Waals surface area contributed by atoms with Crippen molar-refractivity contribution in [2.45, 2.75) is 13.5 Å². The molecule has 0 aliphatic heterocycles. The second-order valence-corrected chi connectivity index (χ2v) is 9.99. The van der Waals surface area contributed by atoms with E-state index in [2.05, 4.69) is 15.3 Å². The summed E-state index contributed by atoms with van der Waals surface area (Å²) >= 11 is 8.07. The van der Waals surface area contributed by atoms with E-state index in [0.717, 1.165) is 21.8 Å². The third-order valence-corrected chi connectivity index (χ3v) is 7.25. The van der Waals surface area contributed by atoms with Crippen molar-refractivity contribution in [2.24, 2.45) is 0 Å². The van der Waals surface area contributed by atoms with Crippen LogP contribution in [-0.2, 0) is 11.3 Å². The number of carbonyl (C=O) groups excluding carboxylic acids is 2. The lowest BCUT2D eigenvalue weighted by atomic mass is 9.99. The number of nitrogens with one attached hydrogen (secondary N) is 2. The molecule has 9 heteroatoms. The molecule has 2 N–H and O–H groups in total. The van der Waals surface area contributed by atoms with Gasteiger partial charge < -0.3 is 15.0 Å². The van der Waals surface area contributed by atoms with Crippen LogP contribution in [0.15, 0.2) is 76.9 Å². The highest BCUT2D eigenvalue weighted by Gasteiger charge is 2.22. The Bertz CT molecular complexity index is 1730. The Morgan fingerprint density at radius 3 is 2.42 bits per heavy atom. The lowest BCUT2D eigenvalue weighted by Gasteiger charge is -2.14. The Labute approximate surface area is 227 Å². The minimum atomic E-state index is -0.727. The molecule has 0 bridgehead atoms. The highest BCUT2D eigenvalue weighted by Crippen LogP contribution is 2.33. The fourth-order valence-electron chi connectivity index (χ4n) is 4.26. The Morgan fingerprint density at radius 2 is 1.76 bits per heavy atom. The molecule has 1 amide bonds. The summed E-state index contributed by atoms with van der Waals surface area (Å²) in [5.74, 6) is -1.11. The predicted octanol–water partition coefficient (Wildman–Crippen LogP) is 6.00. The molecule has 3 aromatic carbocycles. The third-order valence-electron chi connectivity index (χ3n) is 6.16. The molecule has 2 heterocycles. The number of amides is 1. The van der Waals surface area contributed by atoms with Gasteiger partial charge >= 0.3 is 5.97 Å². The molecule has 5 rings (SSSR count). The van der Waals surface area contributed by atoms with Gasteiger partial charge in [-0.1, -0.05) is 54.1 Å². The summed E-state index contributed by atoms with van der Waals surface area (Å²) in [6, 6.07) is 19.6. The number of nitrogens with zero attached hydrogens (tertiary/aromatic N) is 1. The number of aromatic nitrogens is 2. The summed E-state index contributed by atoms with van der Waals surface area (Å²) in [6.45, 7) is 1.76. The Kier molecular flexibility index (Phi) is 7.09. The second-order valence-electron chi connectivity index (χ2n) is 8.52. The smallest absolute Gasteiger partial charge is 0.354 e. The predicted molar refractivity (Wildman–Crippen MR) is 150 cm³/mol. The SMILES string of the molecule is COC(=O)c1[nH]c2c(-c3ccccc3)c(Cl)ccc2c(=O)c1CNC(=O)c1ccc(-c2csc(C)n2)cc1. The summed E-state index contributed by atoms with van der Waals surface area (Å²) in [4.78, 5) is 46.7. The van der Waals surface area contributed by atoms with Crippen LogP contribution in [0.25, 0.3) is 33.3 Å². The molecule has 0 saturated heterocycles. The van der Waals surface area contributed by atoms with Gasteiger partial charge in [-0.3, -0.25) is 9.59 Å². The number of esters is 1. The van der Waals surface area contributed by atoms with E-state index in [0.29, 0.717) is 27.1 Å². The van der Waals surface area contributed by atoms with Crippen LogP contribution in [0.1, 0.15) is 31.4 Å². The first-order chi connectivity index (χ1) is 18.4. The van der Waals surface area contributed by atoms with Crippen molar-refractivity contribution in [3.05, 3.63) is 109 Å². The van der Waals surface area contributed by atoms with Crippen LogP contribution in [-0.4, -0.2) is 29.0 Å². The van der Waals surface area contributed by atoms with Crippen LogP contribution in [0.3, 0.4) is 0 Å². The number of benzene rings is 3. The Morgan fingerprint density at radius 1 is 1.03 bits per heavy atom. The van der Waals surface area contributed by atoms with Gasteiger partial charge in [-0.15, -0.1) is 11.3 Å². The molecular weight excluding hydrogens is 522 g/mol. The van der Waals surface area contributed by atoms with E-state index in [4.69, 9.17) is 16.3 Å². The number of aromatic amines is 1. The number of aryl methyl sites for hydroxylation is 1. The molecule has 0 aliphatic carbocycles. The number of pyridine rings is 1. The number of thiazole rings is 1. The third kappa shape index (κ3) is 4.83. The van der Waals surface area contributed by atoms with Gasteiger partial charge in [-0.2, -0.15) is 0 Å². The largest absolute Gasteiger partial charge is 0.464 e. The van der Waals surface area contributed by atoms with Crippen molar-refractivity contribution in [3.8, 4) is 22.4 Å². The van der Waals surface area contributed by atoms with Crippen molar-refractivity contribution < 1.29 is 14.3 Å². The van der Waals surface area contributed by atoms with Gasteiger partial charge in [0.2, 0.25) is 0 Å². The second kappa shape index (κ2) is 10.6. The first kappa shape index (κ1) is 25.4. The average Bonchev–Trinajstić information content (AvgIpc) is 3.38. The average molecular weight is 544 g/mol. The lowest BCUT2D eigenvalue weighted by molar-refractivity contribution is 0.0592. The van der Waals surface area contributed by atoms with Crippen LogP contribution in [0.5, 0.6) is 0 Å². The molecule has 0 unspecified atom stereocenters. The van der Waals surface area contributed by atoms with E-state index in [9.17, 15) is 14.4 Å². The van der Waals surface area contributed by atoms with Gasteiger partial charge in [0.1, 0.15) is 5.69 Å². The van der Waals surface area contributed by atoms with Crippen LogP contribution in [0, 0.1) is 6.92 Å². The van der Waals surface area contributed by atoms with Gasteiger partial charge in [-0.25, -0.2) is 9.78 Å². The molecule has 190 valence electrons. The summed E-state index contributed by atoms with van der Waals surface area (Å²) in [7, 11) is 1.23. The zero-order chi connectivity index (χ0) is 26.8. The number of fused-ring (bicyclic) bond motifs is 1. The molecule has 0 saturated carbocycles. The van der Waals surface area contributed by atoms with Gasteiger partial charge in [0.25, 0.3) is 5.91 Å². The monoisotopic (exact) mass is 543 g/mol. The number of hydrogen-bond donors (Lipinski definition) is 2. The molecule has 7 nitrogen and oxygen atoms in total. The van der Waals surface area contributed by atoms with Crippen molar-refractivity contribution in [3.63, 3.8) is 0 Å². The molecule has 0 fully saturated rings. The van der Waals surface area contributed by atoms with Crippen molar-refractivity contribution >= 4 is 45.7 Å². The molecule has 0 spiro atoms. The minimum Gasteiger partial charge on any atom is -0.464 e. The summed E-state index contributed by atoms with van der Waals surface area (Å²) in [6.07, 6.45) is 0. The van der Waals surface area contributed by atoms with Crippen LogP contribution >= 0.6 is 22.9 Å². The van der Waals surface area contributed by atoms with E-state index >= 15 is 0 Å². The van der Waals surface area contributed by atoms with E-state index in [-0.39, 0.29) is 23.7 Å². The van der Waals surface area contributed by atoms with Crippen molar-refractivity contribution in [1.29, 1.82) is 0 Å². The Hall–Kier alpha value is -4.27. The minimum absolute atomic E-state index is 0.0426. The topological polar surface area (TPSA) is 101 Å². The van der Waals surface area contributed by atoms with Crippen molar-refractivity contribution in [1.82, 2.24) is 15.3 Å². The van der Waals surface area contributed by atoms with Gasteiger partial charge in [0.15, 0.2) is 5.43 Å². The van der Waals surface area contributed by atoms with E-state index in [1.54, 1.807) is 35.6 Å². The number of H-pyrrole nitrogens is 1. The molecular formula is C29H22ClN3O4S. The summed E-state index contributed by atoms with van der Waals surface area (Å²) < 4.78 is 4.95. The van der Waals surface area contributed by atoms with Gasteiger partial charge in [0, 0.05) is 34.0 Å². The van der Waals surface area contributed by atoms with E-state index < -0.39 is 11.4 Å². The van der Waals surface area contributed by atoms with E-state index in [1.165, 1.54) is 7.11 Å². The maximum absolute atomic E-state index is 13.6. The lowest BCUT2D eigenvalue weighted by Crippen LogP contribution is -2.29. The molecule has 5 aromatic rings. The number of rotatable bonds is 6. The molecule has 0 radical (unpaired) electrons. The maximum atomic E-state index is 13.6. The zero-order valence-electron chi connectivity index (χ0n) is 20.5. The quantitative estimate of drug-likeness (QED) is 0.256. The summed E-state index contributed by atoms with van der Waals surface area (Å²) in [5, 5.41) is 6.44. The first-order valence-electron chi connectivity index (χ1n) is 11.7. The molecule has 0 aliphatic rings. The summed E-state index contributed by atoms with van der Waals surface area (Å²) in [5.41, 5.74) is 3.60. The maximum Gasteiger partial charge on any atom is 0.354 e. The first-order valence-corrected chi connectivity index (χ1v) is 12.9. The highest BCUT2D eigenvalue weighted by molar-refractivity contribution is 7.09. The number of ether oxygens (including phenoxy) is 1. The fraction of sp³-hybridized carbons (Fsp3) is 0.103. The van der Waals surface area contributed by atoms with Gasteiger partial charge in [0.05, 0.1) is 33.9 Å². The van der Waals surface area contributed by atoms with E-state index in [1.807, 2.05) is 54.8 Å². The fourth-order valence-corrected chi connectivity index (χ4v) is 5.15. The van der Waals surface area contributed by atoms with Crippen LogP contribution in [0.4, 0.5) is 0 Å². The molecule has 0 atom stereocenters. The van der Waals surface area contributed by atoms with Crippen molar-refractivity contribution in [2.75, 3.05) is 7.11 Å². The molecule has 38 heavy (non-hydrogen) atoms. The number of carbonyl (C=O) groups is 2. The Balaban J connectivity index is 1.49. The molecule has 2 aromatic heterocycles. The van der Waals surface area contributed by atoms with Crippen LogP contribution < -0.4 is 10.7 Å². The zero-order valence-corrected chi connectivity index (χ0v) is 22.1. The van der Waals surface area contributed by atoms with Gasteiger partial charge in [-0.05, 0) is 36.8 Å².